The second kappa shape index (κ2) is 4.54. The first-order valence-electron chi connectivity index (χ1n) is 4.74. The normalized spacial score (nSPS) is 10.1. The van der Waals surface area contributed by atoms with E-state index >= 15 is 0 Å². The van der Waals surface area contributed by atoms with Gasteiger partial charge in [0.15, 0.2) is 0 Å². The minimum Gasteiger partial charge on any atom is -0.326 e. The number of anilines is 1. The van der Waals surface area contributed by atoms with E-state index in [9.17, 15) is 4.79 Å². The number of amides is 1. The molecule has 2 aromatic rings. The van der Waals surface area contributed by atoms with Crippen LogP contribution in [0.3, 0.4) is 0 Å². The van der Waals surface area contributed by atoms with Gasteiger partial charge in [0, 0.05) is 18.9 Å². The molecule has 1 amide bonds. The number of nitrogens with one attached hydrogen (secondary N) is 2. The zero-order valence-corrected chi connectivity index (χ0v) is 8.47. The van der Waals surface area contributed by atoms with Crippen LogP contribution in [-0.2, 0) is 6.54 Å². The fourth-order valence-corrected chi connectivity index (χ4v) is 1.18. The molecule has 2 heterocycles. The lowest BCUT2D eigenvalue weighted by Crippen LogP contribution is -2.12. The molecule has 2 rings (SSSR count). The number of aromatic nitrogens is 3. The van der Waals surface area contributed by atoms with Gasteiger partial charge in [-0.15, -0.1) is 0 Å². The largest absolute Gasteiger partial charge is 0.326 e. The number of nitrogens with two attached hydrogens (primary N) is 1. The predicted octanol–water partition coefficient (Wildman–Crippen LogP) is 0.516. The number of hydrogen-bond donors (Lipinski definition) is 3. The van der Waals surface area contributed by atoms with Crippen LogP contribution in [0.25, 0.3) is 0 Å². The Morgan fingerprint density at radius 2 is 2.31 bits per heavy atom. The summed E-state index contributed by atoms with van der Waals surface area (Å²) in [5.74, 6) is 0.241. The van der Waals surface area contributed by atoms with Gasteiger partial charge < -0.3 is 11.1 Å². The van der Waals surface area contributed by atoms with Crippen molar-refractivity contribution < 1.29 is 4.79 Å². The van der Waals surface area contributed by atoms with Gasteiger partial charge in [-0.1, -0.05) is 6.07 Å². The van der Waals surface area contributed by atoms with E-state index in [1.54, 1.807) is 12.3 Å². The molecule has 6 heteroatoms. The number of carbonyl (C=O) groups is 1. The number of aromatic amines is 1. The summed E-state index contributed by atoms with van der Waals surface area (Å²) < 4.78 is 0. The van der Waals surface area contributed by atoms with Crippen LogP contribution >= 0.6 is 0 Å². The zero-order valence-electron chi connectivity index (χ0n) is 8.47. The van der Waals surface area contributed by atoms with Crippen molar-refractivity contribution in [2.75, 3.05) is 5.32 Å². The standard InChI is InChI=1S/C10H11N5O/c11-3-7-1-2-9(12-4-7)15-10(16)8-5-13-14-6-8/h1-2,4-6H,3,11H2,(H,13,14)(H,12,15,16). The third-order valence-electron chi connectivity index (χ3n) is 2.06. The predicted molar refractivity (Wildman–Crippen MR) is 58.7 cm³/mol. The second-order valence-electron chi connectivity index (χ2n) is 3.20. The molecule has 6 nitrogen and oxygen atoms in total. The molecule has 0 aliphatic rings. The van der Waals surface area contributed by atoms with E-state index in [1.165, 1.54) is 12.4 Å². The van der Waals surface area contributed by atoms with Crippen molar-refractivity contribution in [1.82, 2.24) is 15.2 Å². The molecular formula is C10H11N5O. The first kappa shape index (κ1) is 10.3. The molecular weight excluding hydrogens is 206 g/mol. The summed E-state index contributed by atoms with van der Waals surface area (Å²) >= 11 is 0. The van der Waals surface area contributed by atoms with Crippen LogP contribution in [0.5, 0.6) is 0 Å². The lowest BCUT2D eigenvalue weighted by Gasteiger charge is -2.02. The fourth-order valence-electron chi connectivity index (χ4n) is 1.18. The molecule has 0 saturated carbocycles. The van der Waals surface area contributed by atoms with Crippen LogP contribution in [0.2, 0.25) is 0 Å². The number of rotatable bonds is 3. The molecule has 0 spiro atoms. The number of H-pyrrole nitrogens is 1. The van der Waals surface area contributed by atoms with Gasteiger partial charge in [-0.3, -0.25) is 9.89 Å². The van der Waals surface area contributed by atoms with E-state index in [2.05, 4.69) is 20.5 Å². The monoisotopic (exact) mass is 217 g/mol. The van der Waals surface area contributed by atoms with E-state index in [4.69, 9.17) is 5.73 Å². The lowest BCUT2D eigenvalue weighted by atomic mass is 10.3. The Bertz CT molecular complexity index is 462. The third-order valence-corrected chi connectivity index (χ3v) is 2.06. The third kappa shape index (κ3) is 2.23. The minimum atomic E-state index is -0.248. The van der Waals surface area contributed by atoms with Crippen molar-refractivity contribution >= 4 is 11.7 Å². The van der Waals surface area contributed by atoms with E-state index in [0.717, 1.165) is 5.56 Å². The number of carbonyl (C=O) groups excluding carboxylic acids is 1. The summed E-state index contributed by atoms with van der Waals surface area (Å²) in [6.07, 6.45) is 4.60. The lowest BCUT2D eigenvalue weighted by molar-refractivity contribution is 0.102. The van der Waals surface area contributed by atoms with Crippen molar-refractivity contribution in [3.63, 3.8) is 0 Å². The Balaban J connectivity index is 2.06. The SMILES string of the molecule is NCc1ccc(NC(=O)c2cn[nH]c2)nc1. The Labute approximate surface area is 91.9 Å². The Kier molecular flexibility index (Phi) is 2.93. The maximum absolute atomic E-state index is 11.6. The summed E-state index contributed by atoms with van der Waals surface area (Å²) in [6, 6.07) is 3.53. The van der Waals surface area contributed by atoms with Gasteiger partial charge in [-0.05, 0) is 11.6 Å². The zero-order chi connectivity index (χ0) is 11.4. The fraction of sp³-hybridized carbons (Fsp3) is 0.100. The maximum Gasteiger partial charge on any atom is 0.259 e. The van der Waals surface area contributed by atoms with E-state index < -0.39 is 0 Å². The van der Waals surface area contributed by atoms with Crippen LogP contribution in [-0.4, -0.2) is 21.1 Å². The Morgan fingerprint density at radius 3 is 2.88 bits per heavy atom. The Morgan fingerprint density at radius 1 is 1.44 bits per heavy atom. The van der Waals surface area contributed by atoms with Crippen molar-refractivity contribution in [2.45, 2.75) is 6.54 Å². The molecule has 0 aliphatic heterocycles. The highest BCUT2D eigenvalue weighted by Gasteiger charge is 2.07. The van der Waals surface area contributed by atoms with E-state index in [1.807, 2.05) is 6.07 Å². The summed E-state index contributed by atoms with van der Waals surface area (Å²) in [5.41, 5.74) is 6.82. The molecule has 0 aromatic carbocycles. The summed E-state index contributed by atoms with van der Waals surface area (Å²) in [7, 11) is 0. The average molecular weight is 217 g/mol. The van der Waals surface area contributed by atoms with E-state index in [-0.39, 0.29) is 5.91 Å². The summed E-state index contributed by atoms with van der Waals surface area (Å²) in [6.45, 7) is 0.433. The van der Waals surface area contributed by atoms with Gasteiger partial charge in [0.25, 0.3) is 5.91 Å². The van der Waals surface area contributed by atoms with Crippen molar-refractivity contribution in [3.05, 3.63) is 41.9 Å². The minimum absolute atomic E-state index is 0.248. The highest BCUT2D eigenvalue weighted by atomic mass is 16.1. The van der Waals surface area contributed by atoms with Gasteiger partial charge in [0.05, 0.1) is 11.8 Å². The number of nitrogens with zero attached hydrogens (tertiary/aromatic N) is 2. The first-order valence-corrected chi connectivity index (χ1v) is 4.74. The van der Waals surface area contributed by atoms with Gasteiger partial charge in [-0.25, -0.2) is 4.98 Å². The quantitative estimate of drug-likeness (QED) is 0.698. The van der Waals surface area contributed by atoms with Crippen molar-refractivity contribution in [1.29, 1.82) is 0 Å². The smallest absolute Gasteiger partial charge is 0.259 e. The second-order valence-corrected chi connectivity index (χ2v) is 3.20. The van der Waals surface area contributed by atoms with E-state index in [0.29, 0.717) is 17.9 Å². The Hall–Kier alpha value is -2.21. The highest BCUT2D eigenvalue weighted by Crippen LogP contribution is 2.06. The van der Waals surface area contributed by atoms with Crippen LogP contribution in [0, 0.1) is 0 Å². The molecule has 0 saturated heterocycles. The molecule has 0 unspecified atom stereocenters. The van der Waals surface area contributed by atoms with Crippen LogP contribution in [0.1, 0.15) is 15.9 Å². The molecule has 16 heavy (non-hydrogen) atoms. The van der Waals surface area contributed by atoms with Gasteiger partial charge in [-0.2, -0.15) is 5.10 Å². The van der Waals surface area contributed by atoms with Crippen LogP contribution < -0.4 is 11.1 Å². The highest BCUT2D eigenvalue weighted by molar-refractivity contribution is 6.03. The molecule has 2 aromatic heterocycles. The molecule has 0 atom stereocenters. The van der Waals surface area contributed by atoms with Crippen LogP contribution in [0.4, 0.5) is 5.82 Å². The number of hydrogen-bond acceptors (Lipinski definition) is 4. The summed E-state index contributed by atoms with van der Waals surface area (Å²) in [4.78, 5) is 15.7. The average Bonchev–Trinajstić information content (AvgIpc) is 2.83. The molecule has 82 valence electrons. The van der Waals surface area contributed by atoms with Gasteiger partial charge in [0.2, 0.25) is 0 Å². The van der Waals surface area contributed by atoms with Gasteiger partial charge >= 0.3 is 0 Å². The topological polar surface area (TPSA) is 96.7 Å². The maximum atomic E-state index is 11.6. The molecule has 0 radical (unpaired) electrons. The molecule has 0 bridgehead atoms. The van der Waals surface area contributed by atoms with Crippen LogP contribution in [0.15, 0.2) is 30.7 Å². The molecule has 4 N–H and O–H groups in total. The van der Waals surface area contributed by atoms with Crippen molar-refractivity contribution in [3.8, 4) is 0 Å². The molecule has 0 aliphatic carbocycles. The number of pyridine rings is 1. The molecule has 0 fully saturated rings. The van der Waals surface area contributed by atoms with Gasteiger partial charge in [0.1, 0.15) is 5.82 Å². The first-order chi connectivity index (χ1) is 7.79. The van der Waals surface area contributed by atoms with Crippen molar-refractivity contribution in [2.24, 2.45) is 5.73 Å². The summed E-state index contributed by atoms with van der Waals surface area (Å²) in [5, 5.41) is 8.90.